The summed E-state index contributed by atoms with van der Waals surface area (Å²) in [6.45, 7) is 6.19. The molecule has 4 nitrogen and oxygen atoms in total. The lowest BCUT2D eigenvalue weighted by Gasteiger charge is -2.30. The molecule has 0 unspecified atom stereocenters. The molecule has 23 heavy (non-hydrogen) atoms. The van der Waals surface area contributed by atoms with E-state index in [0.717, 1.165) is 12.5 Å². The minimum atomic E-state index is -0.104. The van der Waals surface area contributed by atoms with Gasteiger partial charge in [0, 0.05) is 18.5 Å². The molecule has 1 aliphatic rings. The van der Waals surface area contributed by atoms with E-state index in [0.29, 0.717) is 12.2 Å². The minimum Gasteiger partial charge on any atom is -0.347 e. The Bertz CT molecular complexity index is 633. The fourth-order valence-electron chi connectivity index (χ4n) is 2.94. The van der Waals surface area contributed by atoms with Gasteiger partial charge < -0.3 is 5.32 Å². The van der Waals surface area contributed by atoms with Crippen molar-refractivity contribution in [1.29, 1.82) is 0 Å². The molecule has 5 heteroatoms. The Hall–Kier alpha value is -1.72. The monoisotopic (exact) mass is 329 g/mol. The van der Waals surface area contributed by atoms with Crippen molar-refractivity contribution in [3.63, 3.8) is 0 Å². The third-order valence-corrected chi connectivity index (χ3v) is 5.08. The summed E-state index contributed by atoms with van der Waals surface area (Å²) in [5.41, 5.74) is 4.67. The molecule has 1 amide bonds. The quantitative estimate of drug-likeness (QED) is 0.915. The Balaban J connectivity index is 1.60. The molecule has 1 N–H and O–H groups in total. The van der Waals surface area contributed by atoms with Crippen LogP contribution in [-0.2, 0) is 13.1 Å². The number of piperidine rings is 1. The van der Waals surface area contributed by atoms with Crippen LogP contribution in [0.4, 0.5) is 0 Å². The molecule has 0 atom stereocenters. The number of nitrogens with zero attached hydrogens (tertiary/aromatic N) is 2. The van der Waals surface area contributed by atoms with E-state index in [-0.39, 0.29) is 5.91 Å². The summed E-state index contributed by atoms with van der Waals surface area (Å²) in [4.78, 5) is 18.6. The molecule has 0 spiro atoms. The molecule has 1 aromatic heterocycles. The van der Waals surface area contributed by atoms with Crippen molar-refractivity contribution >= 4 is 17.2 Å². The van der Waals surface area contributed by atoms with Gasteiger partial charge in [-0.3, -0.25) is 9.69 Å². The summed E-state index contributed by atoms with van der Waals surface area (Å²) >= 11 is 1.44. The van der Waals surface area contributed by atoms with Crippen LogP contribution in [0, 0.1) is 5.92 Å². The molecule has 122 valence electrons. The molecular formula is C18H23N3OS. The number of nitrogens with one attached hydrogen (secondary N) is 1. The van der Waals surface area contributed by atoms with Gasteiger partial charge in [-0.25, -0.2) is 4.98 Å². The van der Waals surface area contributed by atoms with Gasteiger partial charge in [0.25, 0.3) is 5.91 Å². The fraction of sp³-hybridized carbons (Fsp3) is 0.444. The highest BCUT2D eigenvalue weighted by atomic mass is 32.1. The van der Waals surface area contributed by atoms with Crippen LogP contribution in [0.1, 0.15) is 41.4 Å². The number of rotatable bonds is 5. The Kier molecular flexibility index (Phi) is 5.41. The van der Waals surface area contributed by atoms with E-state index in [1.807, 2.05) is 6.07 Å². The van der Waals surface area contributed by atoms with Crippen molar-refractivity contribution in [3.05, 3.63) is 52.0 Å². The minimum absolute atomic E-state index is 0.104. The first-order chi connectivity index (χ1) is 11.2. The van der Waals surface area contributed by atoms with Gasteiger partial charge in [-0.2, -0.15) is 0 Å². The second kappa shape index (κ2) is 7.70. The molecule has 1 aromatic carbocycles. The molecule has 3 rings (SSSR count). The number of benzene rings is 1. The summed E-state index contributed by atoms with van der Waals surface area (Å²) in [6.07, 6.45) is 2.56. The van der Waals surface area contributed by atoms with Gasteiger partial charge in [0.05, 0.1) is 5.51 Å². The van der Waals surface area contributed by atoms with E-state index in [9.17, 15) is 4.79 Å². The van der Waals surface area contributed by atoms with Gasteiger partial charge in [-0.1, -0.05) is 31.2 Å². The van der Waals surface area contributed by atoms with Crippen LogP contribution in [0.2, 0.25) is 0 Å². The maximum Gasteiger partial charge on any atom is 0.271 e. The van der Waals surface area contributed by atoms with Crippen LogP contribution in [0.25, 0.3) is 0 Å². The first-order valence-electron chi connectivity index (χ1n) is 8.18. The van der Waals surface area contributed by atoms with Crippen LogP contribution in [0.15, 0.2) is 35.2 Å². The van der Waals surface area contributed by atoms with Gasteiger partial charge in [-0.15, -0.1) is 11.3 Å². The van der Waals surface area contributed by atoms with Crippen molar-refractivity contribution in [3.8, 4) is 0 Å². The number of hydrogen-bond donors (Lipinski definition) is 1. The molecule has 0 radical (unpaired) electrons. The van der Waals surface area contributed by atoms with E-state index in [2.05, 4.69) is 40.3 Å². The standard InChI is InChI=1S/C18H23N3OS/c1-14-6-8-21(9-7-14)11-16-5-3-2-4-15(16)10-19-18(22)17-12-23-13-20-17/h2-5,12-14H,6-11H2,1H3,(H,19,22). The summed E-state index contributed by atoms with van der Waals surface area (Å²) in [7, 11) is 0. The first-order valence-corrected chi connectivity index (χ1v) is 9.12. The molecule has 2 heterocycles. The first kappa shape index (κ1) is 16.1. The summed E-state index contributed by atoms with van der Waals surface area (Å²) in [5, 5.41) is 4.75. The second-order valence-electron chi connectivity index (χ2n) is 6.28. The number of carbonyl (C=O) groups is 1. The molecule has 1 aliphatic heterocycles. The average molecular weight is 329 g/mol. The lowest BCUT2D eigenvalue weighted by Crippen LogP contribution is -2.33. The van der Waals surface area contributed by atoms with Crippen LogP contribution in [0.5, 0.6) is 0 Å². The lowest BCUT2D eigenvalue weighted by molar-refractivity contribution is 0.0946. The van der Waals surface area contributed by atoms with Gasteiger partial charge in [0.2, 0.25) is 0 Å². The van der Waals surface area contributed by atoms with Crippen molar-refractivity contribution in [2.45, 2.75) is 32.9 Å². The normalized spacial score (nSPS) is 16.4. The summed E-state index contributed by atoms with van der Waals surface area (Å²) in [6, 6.07) is 8.38. The molecular weight excluding hydrogens is 306 g/mol. The summed E-state index contributed by atoms with van der Waals surface area (Å²) < 4.78 is 0. The molecule has 0 saturated carbocycles. The Morgan fingerprint density at radius 2 is 2.04 bits per heavy atom. The Morgan fingerprint density at radius 3 is 2.74 bits per heavy atom. The highest BCUT2D eigenvalue weighted by Crippen LogP contribution is 2.19. The maximum atomic E-state index is 12.0. The number of hydrogen-bond acceptors (Lipinski definition) is 4. The molecule has 0 bridgehead atoms. The van der Waals surface area contributed by atoms with Gasteiger partial charge in [0.15, 0.2) is 0 Å². The second-order valence-corrected chi connectivity index (χ2v) is 7.00. The fourth-order valence-corrected chi connectivity index (χ4v) is 3.47. The van der Waals surface area contributed by atoms with Crippen molar-refractivity contribution in [2.75, 3.05) is 13.1 Å². The van der Waals surface area contributed by atoms with E-state index < -0.39 is 0 Å². The Morgan fingerprint density at radius 1 is 1.30 bits per heavy atom. The molecule has 1 fully saturated rings. The van der Waals surface area contributed by atoms with E-state index in [1.165, 1.54) is 48.4 Å². The molecule has 2 aromatic rings. The molecule has 1 saturated heterocycles. The van der Waals surface area contributed by atoms with Crippen molar-refractivity contribution < 1.29 is 4.79 Å². The van der Waals surface area contributed by atoms with E-state index in [4.69, 9.17) is 0 Å². The Labute approximate surface area is 141 Å². The maximum absolute atomic E-state index is 12.0. The zero-order chi connectivity index (χ0) is 16.1. The topological polar surface area (TPSA) is 45.2 Å². The van der Waals surface area contributed by atoms with E-state index in [1.54, 1.807) is 10.9 Å². The zero-order valence-electron chi connectivity index (χ0n) is 13.5. The third-order valence-electron chi connectivity index (χ3n) is 4.49. The zero-order valence-corrected chi connectivity index (χ0v) is 14.3. The van der Waals surface area contributed by atoms with Crippen molar-refractivity contribution in [1.82, 2.24) is 15.2 Å². The number of likely N-dealkylation sites (tertiary alicyclic amines) is 1. The van der Waals surface area contributed by atoms with Gasteiger partial charge in [-0.05, 0) is 43.0 Å². The van der Waals surface area contributed by atoms with Gasteiger partial charge in [0.1, 0.15) is 5.69 Å². The highest BCUT2D eigenvalue weighted by molar-refractivity contribution is 7.07. The van der Waals surface area contributed by atoms with E-state index >= 15 is 0 Å². The van der Waals surface area contributed by atoms with Crippen LogP contribution in [-0.4, -0.2) is 28.9 Å². The largest absolute Gasteiger partial charge is 0.347 e. The van der Waals surface area contributed by atoms with Gasteiger partial charge >= 0.3 is 0 Å². The summed E-state index contributed by atoms with van der Waals surface area (Å²) in [5.74, 6) is 0.742. The molecule has 0 aliphatic carbocycles. The van der Waals surface area contributed by atoms with Crippen LogP contribution >= 0.6 is 11.3 Å². The van der Waals surface area contributed by atoms with Crippen LogP contribution in [0.3, 0.4) is 0 Å². The predicted molar refractivity (Wildman–Crippen MR) is 93.4 cm³/mol. The number of carbonyl (C=O) groups excluding carboxylic acids is 1. The predicted octanol–water partition coefficient (Wildman–Crippen LogP) is 3.31. The average Bonchev–Trinajstić information content (AvgIpc) is 3.10. The van der Waals surface area contributed by atoms with Crippen molar-refractivity contribution in [2.24, 2.45) is 5.92 Å². The van der Waals surface area contributed by atoms with Crippen LogP contribution < -0.4 is 5.32 Å². The highest BCUT2D eigenvalue weighted by Gasteiger charge is 2.17. The number of amides is 1. The third kappa shape index (κ3) is 4.39. The lowest BCUT2D eigenvalue weighted by atomic mass is 9.98. The SMILES string of the molecule is CC1CCN(Cc2ccccc2CNC(=O)c2cscn2)CC1. The number of thiazole rings is 1. The smallest absolute Gasteiger partial charge is 0.271 e. The number of aromatic nitrogens is 1.